The summed E-state index contributed by atoms with van der Waals surface area (Å²) in [6, 6.07) is 10.4. The van der Waals surface area contributed by atoms with Crippen molar-refractivity contribution in [2.45, 2.75) is 33.6 Å². The lowest BCUT2D eigenvalue weighted by Crippen LogP contribution is -2.44. The van der Waals surface area contributed by atoms with Gasteiger partial charge in [-0.3, -0.25) is 4.79 Å². The van der Waals surface area contributed by atoms with Crippen molar-refractivity contribution in [1.29, 1.82) is 0 Å². The molecule has 3 heteroatoms. The summed E-state index contributed by atoms with van der Waals surface area (Å²) >= 11 is 0. The number of hydrogen-bond acceptors (Lipinski definition) is 2. The summed E-state index contributed by atoms with van der Waals surface area (Å²) in [4.78, 5) is 11.9. The molecule has 1 amide bonds. The van der Waals surface area contributed by atoms with Gasteiger partial charge in [-0.2, -0.15) is 0 Å². The number of nitrogens with one attached hydrogen (secondary N) is 2. The van der Waals surface area contributed by atoms with E-state index in [4.69, 9.17) is 0 Å². The Bertz CT molecular complexity index is 387. The Kier molecular flexibility index (Phi) is 6.03. The number of carbonyl (C=O) groups is 1. The van der Waals surface area contributed by atoms with Gasteiger partial charge in [0.2, 0.25) is 5.91 Å². The Hall–Kier alpha value is -1.35. The fourth-order valence-corrected chi connectivity index (χ4v) is 1.98. The molecule has 0 bridgehead atoms. The number of amides is 1. The molecule has 0 saturated heterocycles. The SMILES string of the molecule is CCNC(=O)C(C)(C)CNC[C@H](C)c1ccccc1. The summed E-state index contributed by atoms with van der Waals surface area (Å²) in [6.45, 7) is 10.3. The van der Waals surface area contributed by atoms with Crippen molar-refractivity contribution in [3.05, 3.63) is 35.9 Å². The van der Waals surface area contributed by atoms with E-state index >= 15 is 0 Å². The van der Waals surface area contributed by atoms with E-state index < -0.39 is 0 Å². The van der Waals surface area contributed by atoms with Crippen molar-refractivity contribution < 1.29 is 4.79 Å². The lowest BCUT2D eigenvalue weighted by molar-refractivity contribution is -0.129. The van der Waals surface area contributed by atoms with Gasteiger partial charge in [0.15, 0.2) is 0 Å². The minimum absolute atomic E-state index is 0.106. The minimum atomic E-state index is -0.369. The molecule has 1 aromatic carbocycles. The minimum Gasteiger partial charge on any atom is -0.356 e. The van der Waals surface area contributed by atoms with Crippen molar-refractivity contribution in [2.24, 2.45) is 5.41 Å². The highest BCUT2D eigenvalue weighted by Crippen LogP contribution is 2.16. The van der Waals surface area contributed by atoms with Crippen LogP contribution in [0.1, 0.15) is 39.2 Å². The third-order valence-electron chi connectivity index (χ3n) is 3.34. The molecule has 1 atom stereocenters. The highest BCUT2D eigenvalue weighted by atomic mass is 16.2. The molecule has 106 valence electrons. The second-order valence-electron chi connectivity index (χ2n) is 5.69. The molecule has 0 unspecified atom stereocenters. The molecule has 0 fully saturated rings. The van der Waals surface area contributed by atoms with Crippen molar-refractivity contribution in [3.63, 3.8) is 0 Å². The molecule has 0 spiro atoms. The lowest BCUT2D eigenvalue weighted by Gasteiger charge is -2.24. The number of carbonyl (C=O) groups excluding carboxylic acids is 1. The second-order valence-corrected chi connectivity index (χ2v) is 5.69. The normalized spacial score (nSPS) is 13.1. The van der Waals surface area contributed by atoms with Gasteiger partial charge in [0.05, 0.1) is 5.41 Å². The van der Waals surface area contributed by atoms with Crippen LogP contribution in [-0.2, 0) is 4.79 Å². The maximum Gasteiger partial charge on any atom is 0.226 e. The van der Waals surface area contributed by atoms with Gasteiger partial charge in [0.1, 0.15) is 0 Å². The van der Waals surface area contributed by atoms with E-state index in [0.29, 0.717) is 19.0 Å². The molecule has 0 aliphatic carbocycles. The Morgan fingerprint density at radius 2 is 1.89 bits per heavy atom. The van der Waals surface area contributed by atoms with Gasteiger partial charge in [-0.25, -0.2) is 0 Å². The van der Waals surface area contributed by atoms with Crippen molar-refractivity contribution >= 4 is 5.91 Å². The van der Waals surface area contributed by atoms with E-state index in [0.717, 1.165) is 6.54 Å². The Labute approximate surface area is 116 Å². The maximum atomic E-state index is 11.9. The van der Waals surface area contributed by atoms with Crippen LogP contribution in [0.15, 0.2) is 30.3 Å². The summed E-state index contributed by atoms with van der Waals surface area (Å²) in [7, 11) is 0. The maximum absolute atomic E-state index is 11.9. The molecular weight excluding hydrogens is 236 g/mol. The molecule has 1 aromatic rings. The first-order valence-electron chi connectivity index (χ1n) is 7.01. The number of rotatable bonds is 7. The van der Waals surface area contributed by atoms with Crippen LogP contribution in [-0.4, -0.2) is 25.5 Å². The zero-order chi connectivity index (χ0) is 14.3. The van der Waals surface area contributed by atoms with Crippen LogP contribution < -0.4 is 10.6 Å². The number of benzene rings is 1. The zero-order valence-electron chi connectivity index (χ0n) is 12.5. The van der Waals surface area contributed by atoms with E-state index in [-0.39, 0.29) is 11.3 Å². The molecule has 19 heavy (non-hydrogen) atoms. The Morgan fingerprint density at radius 1 is 1.26 bits per heavy atom. The van der Waals surface area contributed by atoms with Gasteiger partial charge in [0, 0.05) is 19.6 Å². The summed E-state index contributed by atoms with van der Waals surface area (Å²) in [5.41, 5.74) is 0.956. The van der Waals surface area contributed by atoms with Crippen LogP contribution in [0.2, 0.25) is 0 Å². The highest BCUT2D eigenvalue weighted by Gasteiger charge is 2.26. The van der Waals surface area contributed by atoms with Gasteiger partial charge in [-0.1, -0.05) is 37.3 Å². The monoisotopic (exact) mass is 262 g/mol. The second kappa shape index (κ2) is 7.29. The van der Waals surface area contributed by atoms with Crippen molar-refractivity contribution in [1.82, 2.24) is 10.6 Å². The predicted molar refractivity (Wildman–Crippen MR) is 80.2 cm³/mol. The fourth-order valence-electron chi connectivity index (χ4n) is 1.98. The highest BCUT2D eigenvalue weighted by molar-refractivity contribution is 5.81. The molecule has 0 radical (unpaired) electrons. The molecular formula is C16H26N2O. The summed E-state index contributed by atoms with van der Waals surface area (Å²) in [5.74, 6) is 0.557. The summed E-state index contributed by atoms with van der Waals surface area (Å²) in [6.07, 6.45) is 0. The average Bonchev–Trinajstić information content (AvgIpc) is 2.39. The molecule has 0 aliphatic rings. The molecule has 1 rings (SSSR count). The molecule has 0 aromatic heterocycles. The van der Waals surface area contributed by atoms with Crippen LogP contribution in [0.25, 0.3) is 0 Å². The van der Waals surface area contributed by atoms with E-state index in [1.54, 1.807) is 0 Å². The van der Waals surface area contributed by atoms with Gasteiger partial charge in [-0.15, -0.1) is 0 Å². The topological polar surface area (TPSA) is 41.1 Å². The van der Waals surface area contributed by atoms with Crippen LogP contribution in [0.5, 0.6) is 0 Å². The quantitative estimate of drug-likeness (QED) is 0.793. The van der Waals surface area contributed by atoms with Crippen LogP contribution >= 0.6 is 0 Å². The first kappa shape index (κ1) is 15.7. The molecule has 0 aliphatic heterocycles. The van der Waals surface area contributed by atoms with Gasteiger partial charge in [-0.05, 0) is 32.3 Å². The van der Waals surface area contributed by atoms with Crippen molar-refractivity contribution in [2.75, 3.05) is 19.6 Å². The molecule has 2 N–H and O–H groups in total. The Morgan fingerprint density at radius 3 is 2.47 bits per heavy atom. The van der Waals surface area contributed by atoms with E-state index in [1.807, 2.05) is 26.8 Å². The molecule has 0 saturated carbocycles. The summed E-state index contributed by atoms with van der Waals surface area (Å²) in [5, 5.41) is 6.28. The largest absolute Gasteiger partial charge is 0.356 e. The Balaban J connectivity index is 2.39. The van der Waals surface area contributed by atoms with Gasteiger partial charge in [0.25, 0.3) is 0 Å². The van der Waals surface area contributed by atoms with E-state index in [9.17, 15) is 4.79 Å². The lowest BCUT2D eigenvalue weighted by atomic mass is 9.91. The van der Waals surface area contributed by atoms with E-state index in [1.165, 1.54) is 5.56 Å². The van der Waals surface area contributed by atoms with Gasteiger partial charge >= 0.3 is 0 Å². The summed E-state index contributed by atoms with van der Waals surface area (Å²) < 4.78 is 0. The fraction of sp³-hybridized carbons (Fsp3) is 0.562. The third-order valence-corrected chi connectivity index (χ3v) is 3.34. The predicted octanol–water partition coefficient (Wildman–Crippen LogP) is 2.54. The van der Waals surface area contributed by atoms with Crippen LogP contribution in [0, 0.1) is 5.41 Å². The first-order valence-corrected chi connectivity index (χ1v) is 7.01. The van der Waals surface area contributed by atoms with Gasteiger partial charge < -0.3 is 10.6 Å². The van der Waals surface area contributed by atoms with Crippen LogP contribution in [0.3, 0.4) is 0 Å². The zero-order valence-corrected chi connectivity index (χ0v) is 12.5. The smallest absolute Gasteiger partial charge is 0.226 e. The van der Waals surface area contributed by atoms with Crippen molar-refractivity contribution in [3.8, 4) is 0 Å². The van der Waals surface area contributed by atoms with E-state index in [2.05, 4.69) is 41.8 Å². The molecule has 3 nitrogen and oxygen atoms in total. The number of hydrogen-bond donors (Lipinski definition) is 2. The first-order chi connectivity index (χ1) is 8.97. The average molecular weight is 262 g/mol. The molecule has 0 heterocycles. The van der Waals surface area contributed by atoms with Crippen LogP contribution in [0.4, 0.5) is 0 Å². The standard InChI is InChI=1S/C16H26N2O/c1-5-18-15(19)16(3,4)12-17-11-13(2)14-9-7-6-8-10-14/h6-10,13,17H,5,11-12H2,1-4H3,(H,18,19)/t13-/m0/s1. The third kappa shape index (κ3) is 5.03.